The Morgan fingerprint density at radius 2 is 2.33 bits per heavy atom. The summed E-state index contributed by atoms with van der Waals surface area (Å²) in [7, 11) is 0. The fraction of sp³-hybridized carbons (Fsp3) is 0.667. The predicted octanol–water partition coefficient (Wildman–Crippen LogP) is 2.92. The Hall–Kier alpha value is -0.0600. The second-order valence-electron chi connectivity index (χ2n) is 3.44. The van der Waals surface area contributed by atoms with E-state index in [2.05, 4.69) is 41.5 Å². The van der Waals surface area contributed by atoms with Gasteiger partial charge in [0.05, 0.1) is 0 Å². The topological polar surface area (TPSA) is 17.8 Å². The van der Waals surface area contributed by atoms with Gasteiger partial charge in [0.25, 0.3) is 0 Å². The van der Waals surface area contributed by atoms with E-state index in [9.17, 15) is 0 Å². The second kappa shape index (κ2) is 4.84. The first-order valence-electron chi connectivity index (χ1n) is 4.37. The first kappa shape index (κ1) is 10.0. The number of halogens is 1. The van der Waals surface area contributed by atoms with Crippen LogP contribution in [0.5, 0.6) is 0 Å². The van der Waals surface area contributed by atoms with Crippen molar-refractivity contribution in [2.45, 2.75) is 33.2 Å². The molecule has 0 radical (unpaired) electrons. The highest BCUT2D eigenvalue weighted by molar-refractivity contribution is 14.1. The Morgan fingerprint density at radius 1 is 1.58 bits per heavy atom. The van der Waals surface area contributed by atoms with Gasteiger partial charge in [-0.3, -0.25) is 4.68 Å². The molecule has 0 aliphatic carbocycles. The molecule has 0 bridgehead atoms. The lowest BCUT2D eigenvalue weighted by atomic mass is 10.1. The summed E-state index contributed by atoms with van der Waals surface area (Å²) in [4.78, 5) is 0. The zero-order valence-electron chi connectivity index (χ0n) is 7.63. The van der Waals surface area contributed by atoms with Crippen molar-refractivity contribution in [3.63, 3.8) is 0 Å². The lowest BCUT2D eigenvalue weighted by Crippen LogP contribution is -2.00. The standard InChI is InChI=1S/C9H15IN2/c1-8(2)4-3-6-12-7-5-9(10)11-12/h5,7-8H,3-4,6H2,1-2H3. The van der Waals surface area contributed by atoms with Crippen LogP contribution in [0.1, 0.15) is 26.7 Å². The number of rotatable bonds is 4. The average molecular weight is 278 g/mol. The van der Waals surface area contributed by atoms with Gasteiger partial charge >= 0.3 is 0 Å². The molecule has 0 aliphatic rings. The zero-order valence-corrected chi connectivity index (χ0v) is 9.78. The summed E-state index contributed by atoms with van der Waals surface area (Å²) in [6.07, 6.45) is 4.56. The van der Waals surface area contributed by atoms with Gasteiger partial charge in [0.1, 0.15) is 3.70 Å². The maximum atomic E-state index is 4.31. The molecule has 1 aromatic heterocycles. The summed E-state index contributed by atoms with van der Waals surface area (Å²) >= 11 is 2.23. The van der Waals surface area contributed by atoms with Gasteiger partial charge in [-0.15, -0.1) is 0 Å². The van der Waals surface area contributed by atoms with E-state index in [0.717, 1.165) is 16.2 Å². The van der Waals surface area contributed by atoms with E-state index < -0.39 is 0 Å². The molecule has 1 rings (SSSR count). The molecule has 0 aliphatic heterocycles. The van der Waals surface area contributed by atoms with Crippen LogP contribution < -0.4 is 0 Å². The van der Waals surface area contributed by atoms with E-state index in [1.807, 2.05) is 16.9 Å². The monoisotopic (exact) mass is 278 g/mol. The van der Waals surface area contributed by atoms with E-state index in [4.69, 9.17) is 0 Å². The third kappa shape index (κ3) is 3.56. The van der Waals surface area contributed by atoms with Crippen molar-refractivity contribution in [3.8, 4) is 0 Å². The smallest absolute Gasteiger partial charge is 0.123 e. The summed E-state index contributed by atoms with van der Waals surface area (Å²) in [6.45, 7) is 5.57. The van der Waals surface area contributed by atoms with Crippen molar-refractivity contribution in [3.05, 3.63) is 16.0 Å². The highest BCUT2D eigenvalue weighted by atomic mass is 127. The lowest BCUT2D eigenvalue weighted by molar-refractivity contribution is 0.489. The molecule has 1 heterocycles. The molecule has 0 fully saturated rings. The normalized spacial score (nSPS) is 11.0. The lowest BCUT2D eigenvalue weighted by Gasteiger charge is -2.03. The maximum Gasteiger partial charge on any atom is 0.123 e. The number of aromatic nitrogens is 2. The molecule has 0 unspecified atom stereocenters. The third-order valence-corrected chi connectivity index (χ3v) is 2.35. The van der Waals surface area contributed by atoms with Gasteiger partial charge in [-0.2, -0.15) is 5.10 Å². The minimum Gasteiger partial charge on any atom is -0.272 e. The fourth-order valence-electron chi connectivity index (χ4n) is 1.12. The quantitative estimate of drug-likeness (QED) is 0.774. The van der Waals surface area contributed by atoms with Crippen LogP contribution >= 0.6 is 22.6 Å². The van der Waals surface area contributed by atoms with Crippen LogP contribution in [0.15, 0.2) is 12.3 Å². The summed E-state index contributed by atoms with van der Waals surface area (Å²) < 4.78 is 3.10. The Labute approximate surface area is 87.5 Å². The molecule has 1 aromatic rings. The number of hydrogen-bond acceptors (Lipinski definition) is 1. The largest absolute Gasteiger partial charge is 0.272 e. The minimum absolute atomic E-state index is 0.805. The van der Waals surface area contributed by atoms with E-state index in [0.29, 0.717) is 0 Å². The van der Waals surface area contributed by atoms with Gasteiger partial charge in [-0.25, -0.2) is 0 Å². The average Bonchev–Trinajstić information content (AvgIpc) is 2.35. The maximum absolute atomic E-state index is 4.31. The van der Waals surface area contributed by atoms with Gasteiger partial charge in [-0.05, 0) is 47.4 Å². The molecule has 0 aromatic carbocycles. The molecule has 12 heavy (non-hydrogen) atoms. The molecule has 0 saturated carbocycles. The molecule has 0 amide bonds. The minimum atomic E-state index is 0.805. The molecule has 0 N–H and O–H groups in total. The van der Waals surface area contributed by atoms with Crippen LogP contribution in [0.3, 0.4) is 0 Å². The summed E-state index contributed by atoms with van der Waals surface area (Å²) in [5, 5.41) is 4.31. The molecule has 0 atom stereocenters. The van der Waals surface area contributed by atoms with Gasteiger partial charge in [0.2, 0.25) is 0 Å². The van der Waals surface area contributed by atoms with E-state index in [1.54, 1.807) is 0 Å². The van der Waals surface area contributed by atoms with Gasteiger partial charge < -0.3 is 0 Å². The van der Waals surface area contributed by atoms with E-state index >= 15 is 0 Å². The summed E-state index contributed by atoms with van der Waals surface area (Å²) in [6, 6.07) is 2.04. The number of hydrogen-bond donors (Lipinski definition) is 0. The molecular weight excluding hydrogens is 263 g/mol. The van der Waals surface area contributed by atoms with Crippen LogP contribution in [0, 0.1) is 9.62 Å². The molecule has 2 nitrogen and oxygen atoms in total. The van der Waals surface area contributed by atoms with Crippen molar-refractivity contribution in [2.24, 2.45) is 5.92 Å². The first-order chi connectivity index (χ1) is 5.68. The van der Waals surface area contributed by atoms with Gasteiger partial charge in [0.15, 0.2) is 0 Å². The van der Waals surface area contributed by atoms with Crippen molar-refractivity contribution in [2.75, 3.05) is 0 Å². The SMILES string of the molecule is CC(C)CCCn1ccc(I)n1. The van der Waals surface area contributed by atoms with E-state index in [1.165, 1.54) is 12.8 Å². The van der Waals surface area contributed by atoms with Gasteiger partial charge in [-0.1, -0.05) is 13.8 Å². The van der Waals surface area contributed by atoms with Crippen LogP contribution in [0.2, 0.25) is 0 Å². The molecule has 0 spiro atoms. The fourth-order valence-corrected chi connectivity index (χ4v) is 1.56. The molecular formula is C9H15IN2. The van der Waals surface area contributed by atoms with Crippen LogP contribution in [-0.4, -0.2) is 9.78 Å². The molecule has 3 heteroatoms. The van der Waals surface area contributed by atoms with Crippen molar-refractivity contribution in [1.82, 2.24) is 9.78 Å². The van der Waals surface area contributed by atoms with Crippen LogP contribution in [0.4, 0.5) is 0 Å². The second-order valence-corrected chi connectivity index (χ2v) is 4.54. The van der Waals surface area contributed by atoms with Crippen LogP contribution in [-0.2, 0) is 6.54 Å². The summed E-state index contributed by atoms with van der Waals surface area (Å²) in [5.74, 6) is 0.805. The van der Waals surface area contributed by atoms with Crippen LogP contribution in [0.25, 0.3) is 0 Å². The van der Waals surface area contributed by atoms with Crippen molar-refractivity contribution < 1.29 is 0 Å². The first-order valence-corrected chi connectivity index (χ1v) is 5.45. The van der Waals surface area contributed by atoms with Gasteiger partial charge in [0, 0.05) is 12.7 Å². The van der Waals surface area contributed by atoms with Crippen molar-refractivity contribution >= 4 is 22.6 Å². The Bertz CT molecular complexity index is 230. The zero-order chi connectivity index (χ0) is 8.97. The number of nitrogens with zero attached hydrogens (tertiary/aromatic N) is 2. The predicted molar refractivity (Wildman–Crippen MR) is 59.0 cm³/mol. The molecule has 68 valence electrons. The van der Waals surface area contributed by atoms with Crippen molar-refractivity contribution in [1.29, 1.82) is 0 Å². The Balaban J connectivity index is 2.24. The third-order valence-electron chi connectivity index (χ3n) is 1.78. The Morgan fingerprint density at radius 3 is 2.83 bits per heavy atom. The highest BCUT2D eigenvalue weighted by Gasteiger charge is 1.96. The van der Waals surface area contributed by atoms with E-state index in [-0.39, 0.29) is 0 Å². The number of aryl methyl sites for hydroxylation is 1. The highest BCUT2D eigenvalue weighted by Crippen LogP contribution is 2.06. The molecule has 0 saturated heterocycles. The summed E-state index contributed by atoms with van der Waals surface area (Å²) in [5.41, 5.74) is 0. The Kier molecular flexibility index (Phi) is 4.05.